The maximum Gasteiger partial charge on any atom is 0.0827 e. The van der Waals surface area contributed by atoms with E-state index in [0.29, 0.717) is 0 Å². The normalized spacial score (nSPS) is 28.6. The van der Waals surface area contributed by atoms with Crippen molar-refractivity contribution in [3.05, 3.63) is 47.8 Å². The van der Waals surface area contributed by atoms with Gasteiger partial charge >= 0.3 is 0 Å². The molecule has 1 heteroatoms. The number of unbranched alkanes of at least 4 members (excludes halogenated alkanes) is 3. The Morgan fingerprint density at radius 3 is 2.07 bits per heavy atom. The predicted molar refractivity (Wildman–Crippen MR) is 119 cm³/mol. The quantitative estimate of drug-likeness (QED) is 0.373. The van der Waals surface area contributed by atoms with E-state index in [9.17, 15) is 4.39 Å². The molecular weight excluding hydrogens is 343 g/mol. The Kier molecular flexibility index (Phi) is 9.09. The molecule has 0 radical (unpaired) electrons. The zero-order valence-electron chi connectivity index (χ0n) is 18.1. The minimum absolute atomic E-state index is 0.729. The molecule has 2 aliphatic carbocycles. The third kappa shape index (κ3) is 6.46. The average Bonchev–Trinajstić information content (AvgIpc) is 2.76. The van der Waals surface area contributed by atoms with Gasteiger partial charge in [-0.15, -0.1) is 0 Å². The summed E-state index contributed by atoms with van der Waals surface area (Å²) < 4.78 is 12.2. The first-order valence-corrected chi connectivity index (χ1v) is 12.1. The molecule has 0 heterocycles. The zero-order valence-corrected chi connectivity index (χ0v) is 18.1. The SMILES string of the molecule is CCCCCCc1ccc([C@H]2CC[C@H]([C@H]3CC[C@H](CC=CF)CC3)CC2)cc1. The van der Waals surface area contributed by atoms with Gasteiger partial charge in [0.05, 0.1) is 6.33 Å². The van der Waals surface area contributed by atoms with Gasteiger partial charge in [0, 0.05) is 0 Å². The molecule has 0 atom stereocenters. The van der Waals surface area contributed by atoms with E-state index >= 15 is 0 Å². The fourth-order valence-corrected chi connectivity index (χ4v) is 5.78. The van der Waals surface area contributed by atoms with Gasteiger partial charge in [0.15, 0.2) is 0 Å². The fraction of sp³-hybridized carbons (Fsp3) is 0.704. The summed E-state index contributed by atoms with van der Waals surface area (Å²) in [6.45, 7) is 2.28. The van der Waals surface area contributed by atoms with Crippen molar-refractivity contribution >= 4 is 0 Å². The summed E-state index contributed by atoms with van der Waals surface area (Å²) in [5.74, 6) is 3.42. The molecule has 0 bridgehead atoms. The van der Waals surface area contributed by atoms with E-state index in [-0.39, 0.29) is 0 Å². The van der Waals surface area contributed by atoms with Crippen molar-refractivity contribution in [2.75, 3.05) is 0 Å². The molecule has 28 heavy (non-hydrogen) atoms. The van der Waals surface area contributed by atoms with Crippen molar-refractivity contribution in [3.8, 4) is 0 Å². The van der Waals surface area contributed by atoms with Gasteiger partial charge < -0.3 is 0 Å². The van der Waals surface area contributed by atoms with Crippen molar-refractivity contribution in [2.24, 2.45) is 17.8 Å². The lowest BCUT2D eigenvalue weighted by Crippen LogP contribution is -2.25. The Labute approximate surface area is 173 Å². The molecule has 0 spiro atoms. The van der Waals surface area contributed by atoms with Crippen molar-refractivity contribution in [2.45, 2.75) is 103 Å². The molecule has 2 aliphatic rings. The molecule has 0 unspecified atom stereocenters. The van der Waals surface area contributed by atoms with Gasteiger partial charge in [-0.25, -0.2) is 4.39 Å². The highest BCUT2D eigenvalue weighted by atomic mass is 19.1. The van der Waals surface area contributed by atoms with E-state index in [1.165, 1.54) is 89.0 Å². The van der Waals surface area contributed by atoms with Gasteiger partial charge in [-0.2, -0.15) is 0 Å². The number of benzene rings is 1. The van der Waals surface area contributed by atoms with E-state index in [1.807, 2.05) is 0 Å². The summed E-state index contributed by atoms with van der Waals surface area (Å²) in [5, 5.41) is 0. The number of hydrogen-bond acceptors (Lipinski definition) is 0. The molecule has 2 saturated carbocycles. The van der Waals surface area contributed by atoms with E-state index < -0.39 is 0 Å². The lowest BCUT2D eigenvalue weighted by atomic mass is 9.68. The van der Waals surface area contributed by atoms with Crippen LogP contribution in [-0.2, 0) is 6.42 Å². The highest BCUT2D eigenvalue weighted by Crippen LogP contribution is 2.44. The van der Waals surface area contributed by atoms with Crippen molar-refractivity contribution in [1.29, 1.82) is 0 Å². The summed E-state index contributed by atoms with van der Waals surface area (Å²) in [6.07, 6.45) is 21.0. The number of rotatable bonds is 9. The lowest BCUT2D eigenvalue weighted by molar-refractivity contribution is 0.160. The Morgan fingerprint density at radius 1 is 0.821 bits per heavy atom. The molecule has 0 nitrogen and oxygen atoms in total. The van der Waals surface area contributed by atoms with Gasteiger partial charge in [-0.1, -0.05) is 56.5 Å². The fourth-order valence-electron chi connectivity index (χ4n) is 5.78. The van der Waals surface area contributed by atoms with Crippen LogP contribution in [0, 0.1) is 17.8 Å². The number of allylic oxidation sites excluding steroid dienone is 1. The molecule has 156 valence electrons. The molecule has 1 aromatic carbocycles. The van der Waals surface area contributed by atoms with Gasteiger partial charge in [-0.05, 0) is 105 Å². The lowest BCUT2D eigenvalue weighted by Gasteiger charge is -2.38. The third-order valence-electron chi connectivity index (χ3n) is 7.66. The Hall–Kier alpha value is -1.11. The summed E-state index contributed by atoms with van der Waals surface area (Å²) in [7, 11) is 0. The second-order valence-electron chi connectivity index (χ2n) is 9.54. The summed E-state index contributed by atoms with van der Waals surface area (Å²) in [5.41, 5.74) is 3.10. The standard InChI is InChI=1S/C27H41F/c1-2-3-4-5-7-22-9-13-24(14-10-22)26-17-19-27(20-18-26)25-15-11-23(12-16-25)8-6-21-28/h6,9-10,13-14,21,23,25-27H,2-5,7-8,11-12,15-20H2,1H3/t23-,25-,26-,27-. The van der Waals surface area contributed by atoms with Crippen LogP contribution in [-0.4, -0.2) is 0 Å². The highest BCUT2D eigenvalue weighted by molar-refractivity contribution is 5.26. The van der Waals surface area contributed by atoms with Crippen molar-refractivity contribution in [1.82, 2.24) is 0 Å². The predicted octanol–water partition coefficient (Wildman–Crippen LogP) is 8.76. The minimum atomic E-state index is 0.729. The molecular formula is C27H41F. The number of hydrogen-bond donors (Lipinski definition) is 0. The van der Waals surface area contributed by atoms with Crippen LogP contribution in [0.3, 0.4) is 0 Å². The maximum atomic E-state index is 12.2. The monoisotopic (exact) mass is 384 g/mol. The van der Waals surface area contributed by atoms with E-state index in [4.69, 9.17) is 0 Å². The van der Waals surface area contributed by atoms with Gasteiger partial charge in [-0.3, -0.25) is 0 Å². The largest absolute Gasteiger partial charge is 0.216 e. The Balaban J connectivity index is 1.39. The zero-order chi connectivity index (χ0) is 19.6. The second kappa shape index (κ2) is 11.8. The highest BCUT2D eigenvalue weighted by Gasteiger charge is 2.31. The minimum Gasteiger partial charge on any atom is -0.216 e. The first kappa shape index (κ1) is 21.6. The molecule has 3 rings (SSSR count). The van der Waals surface area contributed by atoms with E-state index in [1.54, 1.807) is 11.6 Å². The van der Waals surface area contributed by atoms with Crippen LogP contribution in [0.1, 0.15) is 107 Å². The van der Waals surface area contributed by atoms with Crippen molar-refractivity contribution in [3.63, 3.8) is 0 Å². The maximum absolute atomic E-state index is 12.2. The van der Waals surface area contributed by atoms with E-state index in [0.717, 1.165) is 36.4 Å². The third-order valence-corrected chi connectivity index (χ3v) is 7.66. The summed E-state index contributed by atoms with van der Waals surface area (Å²) >= 11 is 0. The topological polar surface area (TPSA) is 0 Å². The van der Waals surface area contributed by atoms with Crippen LogP contribution in [0.25, 0.3) is 0 Å². The molecule has 0 aromatic heterocycles. The first-order chi connectivity index (χ1) is 13.8. The van der Waals surface area contributed by atoms with E-state index in [2.05, 4.69) is 31.2 Å². The van der Waals surface area contributed by atoms with Crippen LogP contribution in [0.4, 0.5) is 4.39 Å². The number of halogens is 1. The molecule has 0 aliphatic heterocycles. The van der Waals surface area contributed by atoms with Crippen LogP contribution < -0.4 is 0 Å². The van der Waals surface area contributed by atoms with Crippen LogP contribution in [0.5, 0.6) is 0 Å². The number of aryl methyl sites for hydroxylation is 1. The smallest absolute Gasteiger partial charge is 0.0827 e. The first-order valence-electron chi connectivity index (χ1n) is 12.1. The van der Waals surface area contributed by atoms with Gasteiger partial charge in [0.25, 0.3) is 0 Å². The van der Waals surface area contributed by atoms with Crippen LogP contribution in [0.2, 0.25) is 0 Å². The second-order valence-corrected chi connectivity index (χ2v) is 9.54. The molecule has 0 amide bonds. The van der Waals surface area contributed by atoms with Gasteiger partial charge in [0.2, 0.25) is 0 Å². The van der Waals surface area contributed by atoms with Crippen LogP contribution in [0.15, 0.2) is 36.7 Å². The Bertz CT molecular complexity index is 556. The van der Waals surface area contributed by atoms with Crippen LogP contribution >= 0.6 is 0 Å². The average molecular weight is 385 g/mol. The Morgan fingerprint density at radius 2 is 1.46 bits per heavy atom. The van der Waals surface area contributed by atoms with Gasteiger partial charge in [0.1, 0.15) is 0 Å². The molecule has 1 aromatic rings. The molecule has 2 fully saturated rings. The van der Waals surface area contributed by atoms with Crippen molar-refractivity contribution < 1.29 is 4.39 Å². The summed E-state index contributed by atoms with van der Waals surface area (Å²) in [4.78, 5) is 0. The molecule has 0 saturated heterocycles. The molecule has 0 N–H and O–H groups in total. The summed E-state index contributed by atoms with van der Waals surface area (Å²) in [6, 6.07) is 9.62.